The van der Waals surface area contributed by atoms with Crippen molar-refractivity contribution in [3.8, 4) is 45.6 Å². The predicted molar refractivity (Wildman–Crippen MR) is 263 cm³/mol. The number of methoxy groups -OCH3 is 4. The summed E-state index contributed by atoms with van der Waals surface area (Å²) in [5, 5.41) is 27.6. The second kappa shape index (κ2) is 25.6. The molecule has 0 aliphatic carbocycles. The molecule has 0 saturated carbocycles. The van der Waals surface area contributed by atoms with Crippen LogP contribution in [0.4, 0.5) is 0 Å². The topological polar surface area (TPSA) is 216 Å². The molecule has 0 spiro atoms. The number of phenolic OH excluding ortho intramolecular Hbond substituents is 2. The summed E-state index contributed by atoms with van der Waals surface area (Å²) < 4.78 is 78.6. The first-order valence-corrected chi connectivity index (χ1v) is 25.1. The van der Waals surface area contributed by atoms with Gasteiger partial charge in [0.2, 0.25) is 0 Å². The molecule has 0 bridgehead atoms. The lowest BCUT2D eigenvalue weighted by atomic mass is 9.99. The van der Waals surface area contributed by atoms with Crippen LogP contribution in [0.25, 0.3) is 22.1 Å². The molecule has 2 heterocycles. The zero-order valence-corrected chi connectivity index (χ0v) is 41.6. The molecule has 15 nitrogen and oxygen atoms in total. The summed E-state index contributed by atoms with van der Waals surface area (Å²) in [6.07, 6.45) is 6.14. The lowest BCUT2D eigenvalue weighted by molar-refractivity contribution is -0.142. The number of nitrogens with zero attached hydrogens (tertiary/aromatic N) is 1. The van der Waals surface area contributed by atoms with Crippen LogP contribution in [-0.2, 0) is 35.0 Å². The van der Waals surface area contributed by atoms with E-state index in [9.17, 15) is 36.6 Å². The van der Waals surface area contributed by atoms with Gasteiger partial charge in [-0.3, -0.25) is 9.59 Å². The molecule has 67 heavy (non-hydrogen) atoms. The summed E-state index contributed by atoms with van der Waals surface area (Å²) in [6.45, 7) is 5.28. The van der Waals surface area contributed by atoms with E-state index >= 15 is 0 Å². The Bertz CT molecular complexity index is 2630. The normalized spacial score (nSPS) is 14.4. The molecular weight excluding hydrogens is 926 g/mol. The van der Waals surface area contributed by atoms with E-state index in [1.165, 1.54) is 62.9 Å². The summed E-state index contributed by atoms with van der Waals surface area (Å²) in [7, 11) is 0.0553. The van der Waals surface area contributed by atoms with Gasteiger partial charge in [-0.05, 0) is 117 Å². The molecule has 1 aromatic heterocycles. The summed E-state index contributed by atoms with van der Waals surface area (Å²) in [6, 6.07) is 21.0. The standard InChI is InChI=1S/C26H37NO8S2.C15H10O4.C8H16O2.ClH/c1-27(15-12-20-8-10-22(32-2)24(18-20)34-4)14-6-13-26(36(28,29)16-7-17-37(26,30)31)21-9-11-23(33-3)25(19-21)35-5;16-10-3-1-9(2-4-10)13-8-19-14-7-11(17)5-6-12(14)15(13)18;1-3-5-7(6-4-2)8(9)10;/h8-11,18-19H,6-7,12-17H2,1-5H3;1-8,16-17H;7H,3-6H2,1-2H3,(H,9,10);1H. The molecule has 0 amide bonds. The lowest BCUT2D eigenvalue weighted by Crippen LogP contribution is -2.50. The maximum atomic E-state index is 13.5. The highest BCUT2D eigenvalue weighted by Crippen LogP contribution is 2.47. The number of ether oxygens (including phenoxy) is 4. The van der Waals surface area contributed by atoms with Crippen LogP contribution >= 0.6 is 12.4 Å². The maximum Gasteiger partial charge on any atom is 0.306 e. The number of rotatable bonds is 18. The minimum Gasteiger partial charge on any atom is -0.508 e. The van der Waals surface area contributed by atoms with Crippen LogP contribution in [0.1, 0.15) is 69.9 Å². The van der Waals surface area contributed by atoms with E-state index in [-0.39, 0.29) is 65.2 Å². The number of aromatic hydroxyl groups is 2. The van der Waals surface area contributed by atoms with Gasteiger partial charge in [-0.15, -0.1) is 12.4 Å². The number of hydrogen-bond acceptors (Lipinski definition) is 14. The van der Waals surface area contributed by atoms with Crippen molar-refractivity contribution in [2.45, 2.75) is 69.3 Å². The van der Waals surface area contributed by atoms with Crippen molar-refractivity contribution in [2.75, 3.05) is 60.1 Å². The first-order valence-electron chi connectivity index (χ1n) is 21.8. The van der Waals surface area contributed by atoms with Gasteiger partial charge in [-0.1, -0.05) is 51.0 Å². The van der Waals surface area contributed by atoms with Gasteiger partial charge in [0.1, 0.15) is 23.3 Å². The van der Waals surface area contributed by atoms with E-state index in [2.05, 4.69) is 4.90 Å². The van der Waals surface area contributed by atoms with Crippen molar-refractivity contribution < 1.29 is 60.3 Å². The van der Waals surface area contributed by atoms with E-state index < -0.39 is 29.7 Å². The van der Waals surface area contributed by atoms with Gasteiger partial charge in [-0.25, -0.2) is 16.8 Å². The minimum absolute atomic E-state index is 0. The summed E-state index contributed by atoms with van der Waals surface area (Å²) >= 11 is 0. The number of hydrogen-bond donors (Lipinski definition) is 3. The van der Waals surface area contributed by atoms with Crippen LogP contribution in [0.3, 0.4) is 0 Å². The lowest BCUT2D eigenvalue weighted by Gasteiger charge is -2.37. The highest BCUT2D eigenvalue weighted by molar-refractivity contribution is 8.10. The van der Waals surface area contributed by atoms with Crippen molar-refractivity contribution in [1.82, 2.24) is 4.90 Å². The van der Waals surface area contributed by atoms with Crippen molar-refractivity contribution in [3.63, 3.8) is 0 Å². The quantitative estimate of drug-likeness (QED) is 0.0749. The van der Waals surface area contributed by atoms with Gasteiger partial charge >= 0.3 is 5.97 Å². The van der Waals surface area contributed by atoms with Crippen LogP contribution in [-0.4, -0.2) is 103 Å². The zero-order valence-electron chi connectivity index (χ0n) is 39.1. The number of carboxylic acids is 1. The fourth-order valence-electron chi connectivity index (χ4n) is 7.94. The molecule has 1 aliphatic heterocycles. The molecule has 368 valence electrons. The fraction of sp³-hybridized carbons (Fsp3) is 0.429. The van der Waals surface area contributed by atoms with Crippen LogP contribution in [0.15, 0.2) is 94.3 Å². The summed E-state index contributed by atoms with van der Waals surface area (Å²) in [5.74, 6) is 1.13. The molecule has 18 heteroatoms. The average Bonchev–Trinajstić information content (AvgIpc) is 3.29. The molecule has 1 saturated heterocycles. The second-order valence-electron chi connectivity index (χ2n) is 16.0. The highest BCUT2D eigenvalue weighted by atomic mass is 35.5. The van der Waals surface area contributed by atoms with E-state index in [4.69, 9.17) is 28.5 Å². The third-order valence-electron chi connectivity index (χ3n) is 11.5. The molecule has 0 radical (unpaired) electrons. The number of carbonyl (C=O) groups is 1. The number of carboxylic acid groups (broad SMARTS) is 1. The van der Waals surface area contributed by atoms with Crippen LogP contribution in [0.5, 0.6) is 34.5 Å². The monoisotopic (exact) mass is 989 g/mol. The van der Waals surface area contributed by atoms with Crippen molar-refractivity contribution >= 4 is 49.0 Å². The number of halogens is 1. The molecule has 5 aromatic rings. The molecular formula is C49H64ClNO14S2. The Hall–Kier alpha value is -5.49. The smallest absolute Gasteiger partial charge is 0.306 e. The molecule has 1 fully saturated rings. The van der Waals surface area contributed by atoms with Gasteiger partial charge in [0.25, 0.3) is 0 Å². The van der Waals surface area contributed by atoms with E-state index in [1.54, 1.807) is 32.4 Å². The first-order chi connectivity index (χ1) is 31.4. The van der Waals surface area contributed by atoms with Crippen LogP contribution in [0.2, 0.25) is 0 Å². The van der Waals surface area contributed by atoms with Gasteiger partial charge in [0, 0.05) is 12.6 Å². The Labute approximate surface area is 399 Å². The Morgan fingerprint density at radius 2 is 1.30 bits per heavy atom. The molecule has 3 N–H and O–H groups in total. The van der Waals surface area contributed by atoms with Gasteiger partial charge in [0.15, 0.2) is 52.2 Å². The zero-order chi connectivity index (χ0) is 48.7. The predicted octanol–water partition coefficient (Wildman–Crippen LogP) is 8.64. The Morgan fingerprint density at radius 3 is 1.85 bits per heavy atom. The average molecular weight is 991 g/mol. The number of likely N-dealkylation sites (N-methyl/N-ethyl adjacent to an activating group) is 1. The molecule has 6 rings (SSSR count). The first kappa shape index (κ1) is 55.8. The van der Waals surface area contributed by atoms with Gasteiger partial charge in [-0.2, -0.15) is 0 Å². The number of benzene rings is 4. The third kappa shape index (κ3) is 13.8. The van der Waals surface area contributed by atoms with E-state index in [1.807, 2.05) is 39.1 Å². The van der Waals surface area contributed by atoms with Crippen LogP contribution in [0, 0.1) is 5.92 Å². The molecule has 0 atom stereocenters. The molecule has 4 aromatic carbocycles. The Morgan fingerprint density at radius 1 is 0.746 bits per heavy atom. The number of fused-ring (bicyclic) bond motifs is 1. The van der Waals surface area contributed by atoms with Crippen molar-refractivity contribution in [1.29, 1.82) is 0 Å². The minimum atomic E-state index is -3.99. The number of phenols is 2. The summed E-state index contributed by atoms with van der Waals surface area (Å²) in [4.78, 5) is 24.9. The van der Waals surface area contributed by atoms with Crippen molar-refractivity contribution in [2.24, 2.45) is 5.92 Å². The largest absolute Gasteiger partial charge is 0.508 e. The second-order valence-corrected chi connectivity index (χ2v) is 20.9. The Balaban J connectivity index is 0.000000327. The van der Waals surface area contributed by atoms with E-state index in [0.29, 0.717) is 64.6 Å². The number of aliphatic carboxylic acids is 1. The van der Waals surface area contributed by atoms with E-state index in [0.717, 1.165) is 37.7 Å². The molecule has 0 unspecified atom stereocenters. The van der Waals surface area contributed by atoms with Crippen LogP contribution < -0.4 is 24.4 Å². The number of sulfone groups is 2. The maximum absolute atomic E-state index is 13.5. The summed E-state index contributed by atoms with van der Waals surface area (Å²) in [5.41, 5.74) is 2.53. The molecule has 1 aliphatic rings. The van der Waals surface area contributed by atoms with Crippen molar-refractivity contribution in [3.05, 3.63) is 106 Å². The fourth-order valence-corrected chi connectivity index (χ4v) is 13.8. The Kier molecular flexibility index (Phi) is 21.3. The third-order valence-corrected chi connectivity index (χ3v) is 17.6. The van der Waals surface area contributed by atoms with Gasteiger partial charge in [0.05, 0.1) is 56.8 Å². The highest BCUT2D eigenvalue weighted by Gasteiger charge is 2.57. The SMILES string of the molecule is CCCC(CCC)C(=O)O.COc1ccc(CCN(C)CCCC2(c3ccc(OC)c(OC)c3)S(=O)(=O)CCCS2(=O)=O)cc1OC.Cl.O=c1c(-c2ccc(O)cc2)coc2cc(O)ccc12. The van der Waals surface area contributed by atoms with Gasteiger partial charge < -0.3 is 43.6 Å².